The minimum absolute atomic E-state index is 0.000252. The van der Waals surface area contributed by atoms with Crippen LogP contribution in [0.1, 0.15) is 5.56 Å². The Hall–Kier alpha value is -2.48. The van der Waals surface area contributed by atoms with E-state index in [0.29, 0.717) is 12.2 Å². The number of thioether (sulfide) groups is 1. The molecule has 0 saturated carbocycles. The number of hydrogen-bond donors (Lipinski definition) is 2. The number of rotatable bonds is 9. The van der Waals surface area contributed by atoms with Crippen LogP contribution in [0.2, 0.25) is 5.02 Å². The maximum atomic E-state index is 12.9. The topological polar surface area (TPSA) is 75.3 Å². The van der Waals surface area contributed by atoms with Gasteiger partial charge in [0.25, 0.3) is 0 Å². The van der Waals surface area contributed by atoms with Crippen molar-refractivity contribution in [2.75, 3.05) is 24.2 Å². The van der Waals surface area contributed by atoms with Crippen molar-refractivity contribution >= 4 is 44.8 Å². The largest absolute Gasteiger partial charge is 0.375 e. The lowest BCUT2D eigenvalue weighted by Gasteiger charge is -2.12. The zero-order valence-corrected chi connectivity index (χ0v) is 19.4. The fraction of sp³-hybridized carbons (Fsp3) is 0.174. The van der Waals surface area contributed by atoms with Gasteiger partial charge in [0, 0.05) is 17.2 Å². The highest BCUT2D eigenvalue weighted by molar-refractivity contribution is 7.99. The number of amides is 1. The van der Waals surface area contributed by atoms with Gasteiger partial charge in [-0.3, -0.25) is 4.79 Å². The molecule has 2 N–H and O–H groups in total. The van der Waals surface area contributed by atoms with Crippen LogP contribution in [0.25, 0.3) is 0 Å². The molecule has 0 radical (unpaired) electrons. The number of anilines is 1. The van der Waals surface area contributed by atoms with Crippen LogP contribution in [0.15, 0.2) is 87.5 Å². The molecular formula is C23H23ClN2O3S2. The molecule has 0 aliphatic heterocycles. The molecule has 0 saturated heterocycles. The summed E-state index contributed by atoms with van der Waals surface area (Å²) in [5.41, 5.74) is 1.60. The molecule has 3 rings (SSSR count). The van der Waals surface area contributed by atoms with Crippen LogP contribution in [0, 0.1) is 6.92 Å². The molecule has 31 heavy (non-hydrogen) atoms. The minimum Gasteiger partial charge on any atom is -0.375 e. The summed E-state index contributed by atoms with van der Waals surface area (Å²) < 4.78 is 25.7. The van der Waals surface area contributed by atoms with E-state index in [1.807, 2.05) is 6.92 Å². The second-order valence-electron chi connectivity index (χ2n) is 6.80. The maximum Gasteiger partial charge on any atom is 0.239 e. The first-order chi connectivity index (χ1) is 14.9. The number of nitrogens with one attached hydrogen (secondary N) is 2. The molecule has 0 bridgehead atoms. The van der Waals surface area contributed by atoms with E-state index in [9.17, 15) is 13.2 Å². The monoisotopic (exact) mass is 474 g/mol. The van der Waals surface area contributed by atoms with Crippen molar-refractivity contribution in [2.24, 2.45) is 0 Å². The normalized spacial score (nSPS) is 11.2. The fourth-order valence-corrected chi connectivity index (χ4v) is 5.45. The molecule has 0 atom stereocenters. The number of benzene rings is 3. The smallest absolute Gasteiger partial charge is 0.239 e. The summed E-state index contributed by atoms with van der Waals surface area (Å²) in [4.78, 5) is 13.5. The molecule has 5 nitrogen and oxygen atoms in total. The van der Waals surface area contributed by atoms with Crippen LogP contribution < -0.4 is 10.6 Å². The number of carbonyl (C=O) groups excluding carboxylic acids is 1. The van der Waals surface area contributed by atoms with E-state index in [1.54, 1.807) is 42.1 Å². The third-order valence-electron chi connectivity index (χ3n) is 4.46. The summed E-state index contributed by atoms with van der Waals surface area (Å²) in [7, 11) is -3.75. The van der Waals surface area contributed by atoms with Crippen LogP contribution in [0.3, 0.4) is 0 Å². The van der Waals surface area contributed by atoms with Crippen molar-refractivity contribution in [3.8, 4) is 0 Å². The molecule has 3 aromatic carbocycles. The average Bonchev–Trinajstić information content (AvgIpc) is 2.77. The molecule has 0 aromatic heterocycles. The summed E-state index contributed by atoms with van der Waals surface area (Å²) in [6.45, 7) is 2.56. The number of hydrogen-bond acceptors (Lipinski definition) is 5. The number of carbonyl (C=O) groups is 1. The Labute approximate surface area is 192 Å². The molecule has 1 amide bonds. The Morgan fingerprint density at radius 3 is 2.39 bits per heavy atom. The van der Waals surface area contributed by atoms with Crippen molar-refractivity contribution in [3.05, 3.63) is 83.4 Å². The van der Waals surface area contributed by atoms with E-state index in [1.165, 1.54) is 23.8 Å². The Kier molecular flexibility index (Phi) is 8.01. The second-order valence-corrected chi connectivity index (χ2v) is 10.3. The quantitative estimate of drug-likeness (QED) is 0.344. The highest BCUT2D eigenvalue weighted by Crippen LogP contribution is 2.32. The SMILES string of the molecule is Cc1ccc(SCCNC(=O)CNc2cccc(S(=O)(=O)c3ccccc3)c2Cl)cc1. The van der Waals surface area contributed by atoms with Gasteiger partial charge in [-0.15, -0.1) is 11.8 Å². The molecule has 162 valence electrons. The first-order valence-corrected chi connectivity index (χ1v) is 12.5. The zero-order valence-electron chi connectivity index (χ0n) is 17.0. The molecule has 0 aliphatic carbocycles. The molecule has 0 fully saturated rings. The number of sulfone groups is 1. The Morgan fingerprint density at radius 2 is 1.68 bits per heavy atom. The minimum atomic E-state index is -3.75. The maximum absolute atomic E-state index is 12.9. The van der Waals surface area contributed by atoms with E-state index in [2.05, 4.69) is 34.9 Å². The molecule has 0 heterocycles. The summed E-state index contributed by atoms with van der Waals surface area (Å²) in [6, 6.07) is 21.0. The van der Waals surface area contributed by atoms with Crippen molar-refractivity contribution in [1.82, 2.24) is 5.32 Å². The van der Waals surface area contributed by atoms with Gasteiger partial charge in [-0.25, -0.2) is 8.42 Å². The average molecular weight is 475 g/mol. The molecule has 8 heteroatoms. The number of halogens is 1. The summed E-state index contributed by atoms with van der Waals surface area (Å²) >= 11 is 8.02. The second kappa shape index (κ2) is 10.7. The van der Waals surface area contributed by atoms with Crippen LogP contribution in [-0.4, -0.2) is 33.2 Å². The highest BCUT2D eigenvalue weighted by atomic mass is 35.5. The third kappa shape index (κ3) is 6.26. The van der Waals surface area contributed by atoms with Gasteiger partial charge in [0.05, 0.1) is 27.0 Å². The van der Waals surface area contributed by atoms with E-state index >= 15 is 0 Å². The van der Waals surface area contributed by atoms with Gasteiger partial charge in [-0.05, 0) is 43.3 Å². The molecule has 0 aliphatic rings. The standard InChI is InChI=1S/C23H23ClN2O3S2/c1-17-10-12-18(13-11-17)30-15-14-25-22(27)16-26-20-8-5-9-21(23(20)24)31(28,29)19-6-3-2-4-7-19/h2-13,26H,14-16H2,1H3,(H,25,27). The first kappa shape index (κ1) is 23.2. The zero-order chi connectivity index (χ0) is 22.3. The first-order valence-electron chi connectivity index (χ1n) is 9.66. The summed E-state index contributed by atoms with van der Waals surface area (Å²) in [6.07, 6.45) is 0. The van der Waals surface area contributed by atoms with Gasteiger partial charge in [-0.1, -0.05) is 53.6 Å². The van der Waals surface area contributed by atoms with Gasteiger partial charge in [0.2, 0.25) is 15.7 Å². The predicted octanol–water partition coefficient (Wildman–Crippen LogP) is 4.80. The lowest BCUT2D eigenvalue weighted by Crippen LogP contribution is -2.31. The van der Waals surface area contributed by atoms with E-state index in [4.69, 9.17) is 11.6 Å². The molecule has 0 spiro atoms. The summed E-state index contributed by atoms with van der Waals surface area (Å²) in [5, 5.41) is 5.83. The van der Waals surface area contributed by atoms with Gasteiger partial charge >= 0.3 is 0 Å². The van der Waals surface area contributed by atoms with Gasteiger partial charge in [0.15, 0.2) is 0 Å². The van der Waals surface area contributed by atoms with Gasteiger partial charge in [-0.2, -0.15) is 0 Å². The molecule has 3 aromatic rings. The third-order valence-corrected chi connectivity index (χ3v) is 7.80. The van der Waals surface area contributed by atoms with E-state index < -0.39 is 9.84 Å². The lowest BCUT2D eigenvalue weighted by atomic mass is 10.2. The Bertz CT molecular complexity index is 1140. The van der Waals surface area contributed by atoms with E-state index in [0.717, 1.165) is 10.6 Å². The van der Waals surface area contributed by atoms with Gasteiger partial charge in [0.1, 0.15) is 0 Å². The number of aryl methyl sites for hydroxylation is 1. The van der Waals surface area contributed by atoms with Crippen molar-refractivity contribution in [3.63, 3.8) is 0 Å². The van der Waals surface area contributed by atoms with Crippen molar-refractivity contribution in [1.29, 1.82) is 0 Å². The highest BCUT2D eigenvalue weighted by Gasteiger charge is 2.22. The van der Waals surface area contributed by atoms with Crippen molar-refractivity contribution in [2.45, 2.75) is 21.6 Å². The lowest BCUT2D eigenvalue weighted by molar-refractivity contribution is -0.119. The van der Waals surface area contributed by atoms with Crippen LogP contribution >= 0.6 is 23.4 Å². The van der Waals surface area contributed by atoms with Crippen LogP contribution in [-0.2, 0) is 14.6 Å². The van der Waals surface area contributed by atoms with Crippen LogP contribution in [0.5, 0.6) is 0 Å². The predicted molar refractivity (Wildman–Crippen MR) is 127 cm³/mol. The van der Waals surface area contributed by atoms with Crippen molar-refractivity contribution < 1.29 is 13.2 Å². The van der Waals surface area contributed by atoms with Gasteiger partial charge < -0.3 is 10.6 Å². The van der Waals surface area contributed by atoms with Crippen LogP contribution in [0.4, 0.5) is 5.69 Å². The fourth-order valence-electron chi connectivity index (χ4n) is 2.81. The van der Waals surface area contributed by atoms with E-state index in [-0.39, 0.29) is 27.3 Å². The molecule has 0 unspecified atom stereocenters. The Balaban J connectivity index is 1.54. The Morgan fingerprint density at radius 1 is 0.968 bits per heavy atom. The summed E-state index contributed by atoms with van der Waals surface area (Å²) in [5.74, 6) is 0.553. The molecular weight excluding hydrogens is 452 g/mol.